The molecule has 0 spiro atoms. The van der Waals surface area contributed by atoms with Crippen LogP contribution in [0, 0.1) is 6.92 Å². The minimum absolute atomic E-state index is 0.0934. The van der Waals surface area contributed by atoms with Gasteiger partial charge in [-0.25, -0.2) is 9.97 Å². The maximum atomic E-state index is 5.95. The van der Waals surface area contributed by atoms with E-state index in [1.54, 1.807) is 22.7 Å². The van der Waals surface area contributed by atoms with Gasteiger partial charge in [0.1, 0.15) is 16.1 Å². The second kappa shape index (κ2) is 6.35. The van der Waals surface area contributed by atoms with Gasteiger partial charge in [0, 0.05) is 35.0 Å². The molecule has 6 heteroatoms. The first-order valence-electron chi connectivity index (χ1n) is 7.62. The molecule has 1 saturated heterocycles. The Morgan fingerprint density at radius 3 is 2.73 bits per heavy atom. The van der Waals surface area contributed by atoms with Crippen molar-refractivity contribution < 1.29 is 4.74 Å². The molecule has 3 heterocycles. The third-order valence-corrected chi connectivity index (χ3v) is 5.63. The Hall–Kier alpha value is -0.820. The van der Waals surface area contributed by atoms with Crippen molar-refractivity contribution in [3.05, 3.63) is 32.2 Å². The summed E-state index contributed by atoms with van der Waals surface area (Å²) in [6.07, 6.45) is 0.0934. The minimum Gasteiger partial charge on any atom is -0.368 e. The fourth-order valence-electron chi connectivity index (χ4n) is 2.44. The van der Waals surface area contributed by atoms with Crippen LogP contribution in [0.5, 0.6) is 0 Å². The Balaban J connectivity index is 1.66. The predicted molar refractivity (Wildman–Crippen MR) is 91.6 cm³/mol. The van der Waals surface area contributed by atoms with E-state index in [0.717, 1.165) is 42.6 Å². The molecule has 0 aromatic carbocycles. The summed E-state index contributed by atoms with van der Waals surface area (Å²) in [6.45, 7) is 12.2. The zero-order valence-corrected chi connectivity index (χ0v) is 15.3. The molecule has 2 aromatic rings. The van der Waals surface area contributed by atoms with E-state index in [-0.39, 0.29) is 11.5 Å². The number of nitrogens with zero attached hydrogens (tertiary/aromatic N) is 3. The average molecular weight is 338 g/mol. The quantitative estimate of drug-likeness (QED) is 0.854. The highest BCUT2D eigenvalue weighted by Gasteiger charge is 2.27. The molecule has 22 heavy (non-hydrogen) atoms. The highest BCUT2D eigenvalue weighted by Crippen LogP contribution is 2.30. The zero-order valence-electron chi connectivity index (χ0n) is 13.6. The lowest BCUT2D eigenvalue weighted by Crippen LogP contribution is -2.37. The Morgan fingerprint density at radius 1 is 1.27 bits per heavy atom. The molecule has 1 unspecified atom stereocenters. The van der Waals surface area contributed by atoms with Crippen molar-refractivity contribution in [2.75, 3.05) is 19.7 Å². The van der Waals surface area contributed by atoms with Gasteiger partial charge in [0.25, 0.3) is 0 Å². The summed E-state index contributed by atoms with van der Waals surface area (Å²) in [7, 11) is 0. The van der Waals surface area contributed by atoms with Gasteiger partial charge < -0.3 is 4.74 Å². The molecular formula is C16H23N3OS2. The monoisotopic (exact) mass is 337 g/mol. The number of rotatable bonds is 3. The van der Waals surface area contributed by atoms with Crippen LogP contribution >= 0.6 is 22.7 Å². The number of ether oxygens (including phenoxy) is 1. The standard InChI is InChI=1S/C16H23N3OS2/c1-11-9-21-14(17-11)8-19-5-6-20-12(7-19)15-18-13(10-22-15)16(2,3)4/h9-10,12H,5-8H2,1-4H3. The smallest absolute Gasteiger partial charge is 0.123 e. The fraction of sp³-hybridized carbons (Fsp3) is 0.625. The van der Waals surface area contributed by atoms with E-state index in [1.165, 1.54) is 5.01 Å². The van der Waals surface area contributed by atoms with Crippen LogP contribution in [-0.2, 0) is 16.7 Å². The third kappa shape index (κ3) is 3.74. The van der Waals surface area contributed by atoms with Gasteiger partial charge in [-0.1, -0.05) is 20.8 Å². The van der Waals surface area contributed by atoms with Gasteiger partial charge in [0.05, 0.1) is 18.8 Å². The number of aromatic nitrogens is 2. The lowest BCUT2D eigenvalue weighted by molar-refractivity contribution is -0.0331. The maximum Gasteiger partial charge on any atom is 0.123 e. The number of aryl methyl sites for hydroxylation is 1. The van der Waals surface area contributed by atoms with E-state index in [0.29, 0.717) is 0 Å². The summed E-state index contributed by atoms with van der Waals surface area (Å²) in [5.41, 5.74) is 2.37. The molecule has 1 aliphatic rings. The van der Waals surface area contributed by atoms with Crippen molar-refractivity contribution in [1.82, 2.24) is 14.9 Å². The van der Waals surface area contributed by atoms with Gasteiger partial charge in [0.15, 0.2) is 0 Å². The number of hydrogen-bond acceptors (Lipinski definition) is 6. The largest absolute Gasteiger partial charge is 0.368 e. The lowest BCUT2D eigenvalue weighted by Gasteiger charge is -2.31. The minimum atomic E-state index is 0.0934. The van der Waals surface area contributed by atoms with Crippen LogP contribution < -0.4 is 0 Å². The van der Waals surface area contributed by atoms with E-state index < -0.39 is 0 Å². The maximum absolute atomic E-state index is 5.95. The fourth-order valence-corrected chi connectivity index (χ4v) is 4.34. The van der Waals surface area contributed by atoms with Crippen molar-refractivity contribution in [3.8, 4) is 0 Å². The second-order valence-corrected chi connectivity index (χ2v) is 8.63. The van der Waals surface area contributed by atoms with Crippen molar-refractivity contribution in [2.24, 2.45) is 0 Å². The van der Waals surface area contributed by atoms with E-state index in [2.05, 4.69) is 41.4 Å². The molecular weight excluding hydrogens is 314 g/mol. The summed E-state index contributed by atoms with van der Waals surface area (Å²) in [6, 6.07) is 0. The highest BCUT2D eigenvalue weighted by atomic mass is 32.1. The Kier molecular flexibility index (Phi) is 4.64. The summed E-state index contributed by atoms with van der Waals surface area (Å²) in [4.78, 5) is 11.8. The van der Waals surface area contributed by atoms with Gasteiger partial charge in [-0.2, -0.15) is 0 Å². The average Bonchev–Trinajstić information content (AvgIpc) is 3.08. The van der Waals surface area contributed by atoms with Crippen LogP contribution in [0.3, 0.4) is 0 Å². The molecule has 3 rings (SSSR count). The molecule has 1 fully saturated rings. The molecule has 1 atom stereocenters. The van der Waals surface area contributed by atoms with Crippen molar-refractivity contribution in [2.45, 2.75) is 45.8 Å². The predicted octanol–water partition coefficient (Wildman–Crippen LogP) is 3.78. The SMILES string of the molecule is Cc1csc(CN2CCOC(c3nc(C(C)(C)C)cs3)C2)n1. The molecule has 0 N–H and O–H groups in total. The van der Waals surface area contributed by atoms with E-state index in [1.807, 2.05) is 6.92 Å². The molecule has 0 bridgehead atoms. The lowest BCUT2D eigenvalue weighted by atomic mass is 9.93. The Labute approximate surface area is 140 Å². The van der Waals surface area contributed by atoms with Gasteiger partial charge >= 0.3 is 0 Å². The van der Waals surface area contributed by atoms with Gasteiger partial charge in [-0.05, 0) is 6.92 Å². The molecule has 0 radical (unpaired) electrons. The van der Waals surface area contributed by atoms with Crippen molar-refractivity contribution in [3.63, 3.8) is 0 Å². The summed E-state index contributed by atoms with van der Waals surface area (Å²) >= 11 is 3.46. The summed E-state index contributed by atoms with van der Waals surface area (Å²) < 4.78 is 5.95. The zero-order chi connectivity index (χ0) is 15.7. The second-order valence-electron chi connectivity index (χ2n) is 6.80. The molecule has 2 aromatic heterocycles. The van der Waals surface area contributed by atoms with Crippen LogP contribution in [-0.4, -0.2) is 34.6 Å². The van der Waals surface area contributed by atoms with E-state index in [4.69, 9.17) is 9.72 Å². The first-order valence-corrected chi connectivity index (χ1v) is 9.38. The molecule has 0 aliphatic carbocycles. The first-order chi connectivity index (χ1) is 10.4. The van der Waals surface area contributed by atoms with Crippen molar-refractivity contribution >= 4 is 22.7 Å². The normalized spacial score (nSPS) is 20.5. The Bertz CT molecular complexity index is 629. The van der Waals surface area contributed by atoms with Crippen LogP contribution in [0.25, 0.3) is 0 Å². The number of thiazole rings is 2. The topological polar surface area (TPSA) is 38.2 Å². The molecule has 1 aliphatic heterocycles. The van der Waals surface area contributed by atoms with E-state index >= 15 is 0 Å². The van der Waals surface area contributed by atoms with Crippen LogP contribution in [0.4, 0.5) is 0 Å². The molecule has 120 valence electrons. The van der Waals surface area contributed by atoms with E-state index in [9.17, 15) is 0 Å². The third-order valence-electron chi connectivity index (χ3n) is 3.74. The molecule has 0 amide bonds. The molecule has 4 nitrogen and oxygen atoms in total. The van der Waals surface area contributed by atoms with Gasteiger partial charge in [-0.15, -0.1) is 22.7 Å². The van der Waals surface area contributed by atoms with Crippen molar-refractivity contribution in [1.29, 1.82) is 0 Å². The van der Waals surface area contributed by atoms with Crippen LogP contribution in [0.15, 0.2) is 10.8 Å². The van der Waals surface area contributed by atoms with Crippen LogP contribution in [0.1, 0.15) is 48.3 Å². The van der Waals surface area contributed by atoms with Gasteiger partial charge in [0.2, 0.25) is 0 Å². The molecule has 0 saturated carbocycles. The number of hydrogen-bond donors (Lipinski definition) is 0. The summed E-state index contributed by atoms with van der Waals surface area (Å²) in [5, 5.41) is 6.57. The van der Waals surface area contributed by atoms with Gasteiger partial charge in [-0.3, -0.25) is 4.90 Å². The highest BCUT2D eigenvalue weighted by molar-refractivity contribution is 7.10. The van der Waals surface area contributed by atoms with Crippen LogP contribution in [0.2, 0.25) is 0 Å². The first kappa shape index (κ1) is 16.1. The summed E-state index contributed by atoms with van der Waals surface area (Å²) in [5.74, 6) is 0. The Morgan fingerprint density at radius 2 is 2.09 bits per heavy atom. The number of morpholine rings is 1.